The second-order valence-corrected chi connectivity index (χ2v) is 4.61. The third-order valence-electron chi connectivity index (χ3n) is 2.73. The zero-order chi connectivity index (χ0) is 15.6. The third-order valence-corrected chi connectivity index (χ3v) is 3.06. The van der Waals surface area contributed by atoms with E-state index in [1.807, 2.05) is 6.92 Å². The molecule has 0 aliphatic rings. The van der Waals surface area contributed by atoms with Crippen LogP contribution in [0.3, 0.4) is 0 Å². The topological polar surface area (TPSA) is 46.9 Å². The van der Waals surface area contributed by atoms with Crippen LogP contribution < -0.4 is 5.32 Å². The van der Waals surface area contributed by atoms with Crippen molar-refractivity contribution < 1.29 is 18.0 Å². The van der Waals surface area contributed by atoms with Crippen molar-refractivity contribution in [3.63, 3.8) is 0 Å². The number of carbonyl (C=O) groups excluding carboxylic acids is 1. The molecule has 0 radical (unpaired) electrons. The predicted molar refractivity (Wildman–Crippen MR) is 72.3 cm³/mol. The van der Waals surface area contributed by atoms with Gasteiger partial charge in [0.2, 0.25) is 0 Å². The van der Waals surface area contributed by atoms with Gasteiger partial charge in [-0.15, -0.1) is 0 Å². The molecule has 1 heterocycles. The van der Waals surface area contributed by atoms with E-state index in [1.54, 1.807) is 6.20 Å². The van der Waals surface area contributed by atoms with Gasteiger partial charge in [0.25, 0.3) is 5.91 Å². The highest BCUT2D eigenvalue weighted by atomic mass is 35.5. The number of rotatable bonds is 3. The van der Waals surface area contributed by atoms with Crippen molar-refractivity contribution in [1.82, 2.24) is 9.78 Å². The summed E-state index contributed by atoms with van der Waals surface area (Å²) in [6, 6.07) is 4.66. The average molecular weight is 318 g/mol. The predicted octanol–water partition coefficient (Wildman–Crippen LogP) is 3.83. The standard InChI is InChI=1S/C13H11ClF3N3O/c1-2-20-6-5-11(19-20)12(21)18-8-3-4-10(14)9(7-8)13(15,16)17/h3-7H,2H2,1H3,(H,18,21). The Labute approximate surface area is 123 Å². The van der Waals surface area contributed by atoms with Crippen LogP contribution >= 0.6 is 11.6 Å². The summed E-state index contributed by atoms with van der Waals surface area (Å²) in [5, 5.41) is 5.91. The lowest BCUT2D eigenvalue weighted by Gasteiger charge is -2.11. The van der Waals surface area contributed by atoms with E-state index in [1.165, 1.54) is 16.8 Å². The number of benzene rings is 1. The Morgan fingerprint density at radius 1 is 1.38 bits per heavy atom. The van der Waals surface area contributed by atoms with Gasteiger partial charge in [-0.1, -0.05) is 11.6 Å². The Hall–Kier alpha value is -2.02. The molecule has 1 aromatic carbocycles. The molecule has 0 aliphatic heterocycles. The molecule has 1 N–H and O–H groups in total. The van der Waals surface area contributed by atoms with E-state index in [-0.39, 0.29) is 11.4 Å². The van der Waals surface area contributed by atoms with Gasteiger partial charge in [-0.05, 0) is 31.2 Å². The highest BCUT2D eigenvalue weighted by Gasteiger charge is 2.33. The number of nitrogens with one attached hydrogen (secondary N) is 1. The van der Waals surface area contributed by atoms with E-state index >= 15 is 0 Å². The fourth-order valence-electron chi connectivity index (χ4n) is 1.67. The summed E-state index contributed by atoms with van der Waals surface area (Å²) in [4.78, 5) is 11.9. The maximum atomic E-state index is 12.7. The molecule has 2 rings (SSSR count). The lowest BCUT2D eigenvalue weighted by molar-refractivity contribution is -0.137. The van der Waals surface area contributed by atoms with Crippen LogP contribution in [0.15, 0.2) is 30.5 Å². The molecule has 0 unspecified atom stereocenters. The highest BCUT2D eigenvalue weighted by molar-refractivity contribution is 6.31. The molecule has 8 heteroatoms. The van der Waals surface area contributed by atoms with Crippen LogP contribution in [-0.4, -0.2) is 15.7 Å². The molecule has 21 heavy (non-hydrogen) atoms. The number of aromatic nitrogens is 2. The quantitative estimate of drug-likeness (QED) is 0.935. The van der Waals surface area contributed by atoms with Gasteiger partial charge in [0, 0.05) is 18.4 Å². The van der Waals surface area contributed by atoms with Crippen LogP contribution in [0.2, 0.25) is 5.02 Å². The maximum Gasteiger partial charge on any atom is 0.417 e. The Morgan fingerprint density at radius 3 is 2.67 bits per heavy atom. The second-order valence-electron chi connectivity index (χ2n) is 4.20. The van der Waals surface area contributed by atoms with Crippen LogP contribution in [0.4, 0.5) is 18.9 Å². The number of anilines is 1. The number of carbonyl (C=O) groups is 1. The van der Waals surface area contributed by atoms with Crippen LogP contribution in [0.1, 0.15) is 23.0 Å². The van der Waals surface area contributed by atoms with Gasteiger partial charge in [-0.2, -0.15) is 18.3 Å². The smallest absolute Gasteiger partial charge is 0.321 e. The van der Waals surface area contributed by atoms with Crippen molar-refractivity contribution in [2.75, 3.05) is 5.32 Å². The van der Waals surface area contributed by atoms with Gasteiger partial charge in [0.1, 0.15) is 0 Å². The Kier molecular flexibility index (Phi) is 4.22. The van der Waals surface area contributed by atoms with E-state index < -0.39 is 22.7 Å². The summed E-state index contributed by atoms with van der Waals surface area (Å²) < 4.78 is 39.7. The minimum atomic E-state index is -4.58. The first kappa shape index (κ1) is 15.4. The SMILES string of the molecule is CCn1ccc(C(=O)Nc2ccc(Cl)c(C(F)(F)F)c2)n1. The summed E-state index contributed by atoms with van der Waals surface area (Å²) in [6.45, 7) is 2.44. The van der Waals surface area contributed by atoms with Gasteiger partial charge in [-0.25, -0.2) is 0 Å². The van der Waals surface area contributed by atoms with Crippen molar-refractivity contribution in [3.8, 4) is 0 Å². The Bertz CT molecular complexity index is 667. The van der Waals surface area contributed by atoms with Crippen molar-refractivity contribution in [3.05, 3.63) is 46.7 Å². The number of halogens is 4. The fourth-order valence-corrected chi connectivity index (χ4v) is 1.90. The molecule has 1 amide bonds. The highest BCUT2D eigenvalue weighted by Crippen LogP contribution is 2.36. The largest absolute Gasteiger partial charge is 0.417 e. The first-order valence-electron chi connectivity index (χ1n) is 6.03. The average Bonchev–Trinajstić information content (AvgIpc) is 2.88. The maximum absolute atomic E-state index is 12.7. The molecule has 0 spiro atoms. The summed E-state index contributed by atoms with van der Waals surface area (Å²) in [5.74, 6) is -0.586. The monoisotopic (exact) mass is 317 g/mol. The van der Waals surface area contributed by atoms with Crippen LogP contribution in [-0.2, 0) is 12.7 Å². The first-order valence-corrected chi connectivity index (χ1v) is 6.40. The Balaban J connectivity index is 2.21. The molecule has 0 aliphatic carbocycles. The minimum absolute atomic E-state index is 0.00257. The second kappa shape index (κ2) is 5.77. The molecule has 0 saturated carbocycles. The number of hydrogen-bond acceptors (Lipinski definition) is 2. The molecule has 0 saturated heterocycles. The van der Waals surface area contributed by atoms with E-state index in [4.69, 9.17) is 11.6 Å². The van der Waals surface area contributed by atoms with Crippen molar-refractivity contribution in [2.24, 2.45) is 0 Å². The van der Waals surface area contributed by atoms with E-state index in [0.717, 1.165) is 12.1 Å². The minimum Gasteiger partial charge on any atom is -0.321 e. The number of amides is 1. The van der Waals surface area contributed by atoms with Crippen molar-refractivity contribution in [2.45, 2.75) is 19.6 Å². The molecule has 0 bridgehead atoms. The van der Waals surface area contributed by atoms with Crippen molar-refractivity contribution in [1.29, 1.82) is 0 Å². The van der Waals surface area contributed by atoms with Gasteiger partial charge in [0.15, 0.2) is 5.69 Å². The zero-order valence-electron chi connectivity index (χ0n) is 10.9. The van der Waals surface area contributed by atoms with E-state index in [0.29, 0.717) is 6.54 Å². The lowest BCUT2D eigenvalue weighted by atomic mass is 10.2. The van der Waals surface area contributed by atoms with Crippen LogP contribution in [0.25, 0.3) is 0 Å². The molecular formula is C13H11ClF3N3O. The summed E-state index contributed by atoms with van der Waals surface area (Å²) in [5.41, 5.74) is -0.871. The lowest BCUT2D eigenvalue weighted by Crippen LogP contribution is -2.14. The molecular weight excluding hydrogens is 307 g/mol. The molecule has 112 valence electrons. The fraction of sp³-hybridized carbons (Fsp3) is 0.231. The molecule has 2 aromatic rings. The van der Waals surface area contributed by atoms with Gasteiger partial charge in [-0.3, -0.25) is 9.48 Å². The van der Waals surface area contributed by atoms with E-state index in [2.05, 4.69) is 10.4 Å². The summed E-state index contributed by atoms with van der Waals surface area (Å²) in [7, 11) is 0. The van der Waals surface area contributed by atoms with Gasteiger partial charge < -0.3 is 5.32 Å². The molecule has 0 fully saturated rings. The molecule has 4 nitrogen and oxygen atoms in total. The molecule has 0 atom stereocenters. The number of alkyl halides is 3. The van der Waals surface area contributed by atoms with Crippen LogP contribution in [0, 0.1) is 0 Å². The van der Waals surface area contributed by atoms with Crippen LogP contribution in [0.5, 0.6) is 0 Å². The Morgan fingerprint density at radius 2 is 2.10 bits per heavy atom. The normalized spacial score (nSPS) is 11.5. The number of nitrogens with zero attached hydrogens (tertiary/aromatic N) is 2. The summed E-state index contributed by atoms with van der Waals surface area (Å²) >= 11 is 5.51. The zero-order valence-corrected chi connectivity index (χ0v) is 11.7. The molecule has 1 aromatic heterocycles. The summed E-state index contributed by atoms with van der Waals surface area (Å²) in [6.07, 6.45) is -2.97. The first-order chi connectivity index (χ1) is 9.81. The number of aryl methyl sites for hydroxylation is 1. The van der Waals surface area contributed by atoms with E-state index in [9.17, 15) is 18.0 Å². The van der Waals surface area contributed by atoms with Gasteiger partial charge >= 0.3 is 6.18 Å². The third kappa shape index (κ3) is 3.55. The van der Waals surface area contributed by atoms with Crippen molar-refractivity contribution >= 4 is 23.2 Å². The number of hydrogen-bond donors (Lipinski definition) is 1. The van der Waals surface area contributed by atoms with Gasteiger partial charge in [0.05, 0.1) is 10.6 Å².